The maximum atomic E-state index is 13.5. The fourth-order valence-electron chi connectivity index (χ4n) is 4.45. The molecule has 4 rings (SSSR count). The summed E-state index contributed by atoms with van der Waals surface area (Å²) in [6.07, 6.45) is -0.302. The molecule has 9 nitrogen and oxygen atoms in total. The summed E-state index contributed by atoms with van der Waals surface area (Å²) in [4.78, 5) is 25.3. The van der Waals surface area contributed by atoms with Gasteiger partial charge in [0, 0.05) is 17.1 Å². The number of carboxylic acids is 1. The molecule has 10 heteroatoms. The van der Waals surface area contributed by atoms with Crippen LogP contribution in [0.1, 0.15) is 28.4 Å². The zero-order valence-corrected chi connectivity index (χ0v) is 26.5. The first-order chi connectivity index (χ1) is 21.9. The third kappa shape index (κ3) is 10.7. The summed E-state index contributed by atoms with van der Waals surface area (Å²) in [5.74, 6) is 0.262. The fourth-order valence-corrected chi connectivity index (χ4v) is 4.81. The average Bonchev–Trinajstić information content (AvgIpc) is 3.05. The summed E-state index contributed by atoms with van der Waals surface area (Å²) >= 11 is 3.41. The van der Waals surface area contributed by atoms with Gasteiger partial charge >= 0.3 is 5.97 Å². The molecule has 1 atom stereocenters. The Morgan fingerprint density at radius 2 is 1.44 bits per heavy atom. The van der Waals surface area contributed by atoms with Gasteiger partial charge < -0.3 is 34.1 Å². The largest absolute Gasteiger partial charge is 0.490 e. The first kappa shape index (κ1) is 33.7. The van der Waals surface area contributed by atoms with Crippen molar-refractivity contribution in [2.45, 2.75) is 12.5 Å². The Morgan fingerprint density at radius 3 is 2.16 bits per heavy atom. The number of rotatable bonds is 18. The van der Waals surface area contributed by atoms with E-state index in [-0.39, 0.29) is 18.6 Å². The number of aliphatic carboxylic acids is 1. The summed E-state index contributed by atoms with van der Waals surface area (Å²) in [6, 6.07) is 28.9. The van der Waals surface area contributed by atoms with Crippen molar-refractivity contribution in [3.63, 3.8) is 0 Å². The molecule has 0 aliphatic heterocycles. The highest BCUT2D eigenvalue weighted by molar-refractivity contribution is 9.10. The van der Waals surface area contributed by atoms with Crippen molar-refractivity contribution in [3.05, 3.63) is 113 Å². The number of halogens is 1. The van der Waals surface area contributed by atoms with Crippen LogP contribution in [-0.4, -0.2) is 63.7 Å². The molecule has 4 aromatic rings. The molecule has 0 aliphatic rings. The van der Waals surface area contributed by atoms with E-state index in [4.69, 9.17) is 23.7 Å². The number of hydrogen-bond acceptors (Lipinski definition) is 7. The second-order valence-corrected chi connectivity index (χ2v) is 10.8. The van der Waals surface area contributed by atoms with E-state index in [1.54, 1.807) is 25.3 Å². The molecule has 0 radical (unpaired) electrons. The van der Waals surface area contributed by atoms with Crippen LogP contribution in [0.25, 0.3) is 11.1 Å². The van der Waals surface area contributed by atoms with Gasteiger partial charge in [0.2, 0.25) is 0 Å². The minimum absolute atomic E-state index is 0.218. The molecule has 0 bridgehead atoms. The third-order valence-corrected chi connectivity index (χ3v) is 7.13. The zero-order chi connectivity index (χ0) is 31.9. The lowest BCUT2D eigenvalue weighted by molar-refractivity contribution is -0.137. The topological polar surface area (TPSA) is 113 Å². The number of hydrogen-bond donors (Lipinski definition) is 2. The predicted octanol–water partition coefficient (Wildman–Crippen LogP) is 6.91. The van der Waals surface area contributed by atoms with Gasteiger partial charge in [-0.2, -0.15) is 0 Å². The molecule has 1 unspecified atom stereocenters. The maximum absolute atomic E-state index is 13.5. The summed E-state index contributed by atoms with van der Waals surface area (Å²) in [6.45, 7) is 2.39. The molecule has 4 aromatic carbocycles. The minimum atomic E-state index is -1.04. The molecule has 1 amide bonds. The Bertz CT molecular complexity index is 1510. The predicted molar refractivity (Wildman–Crippen MR) is 174 cm³/mol. The number of benzene rings is 4. The van der Waals surface area contributed by atoms with Crippen molar-refractivity contribution in [3.8, 4) is 28.4 Å². The molecule has 45 heavy (non-hydrogen) atoms. The third-order valence-electron chi connectivity index (χ3n) is 6.64. The molecular formula is C35H36BrNO8. The van der Waals surface area contributed by atoms with Crippen LogP contribution in [0.15, 0.2) is 102 Å². The number of amides is 1. The molecule has 0 saturated carbocycles. The first-order valence-corrected chi connectivity index (χ1v) is 15.3. The SMILES string of the molecule is COCCOCCOCCOc1ccc(Br)cc1C(=O)NC(CC(=O)O)c1ccc(-c2ccccc2Oc2ccccc2)cc1. The standard InChI is InChI=1S/C35H36BrNO8/c1-41-17-18-42-19-20-43-21-22-44-32-16-15-27(36)23-30(32)35(40)37-31(24-34(38)39)26-13-11-25(12-14-26)29-9-5-6-10-33(29)45-28-7-3-2-4-8-28/h2-16,23,31H,17-22,24H2,1H3,(H,37,40)(H,38,39). The first-order valence-electron chi connectivity index (χ1n) is 14.5. The van der Waals surface area contributed by atoms with Crippen LogP contribution in [0, 0.1) is 0 Å². The minimum Gasteiger partial charge on any atom is -0.490 e. The summed E-state index contributed by atoms with van der Waals surface area (Å²) in [5.41, 5.74) is 2.68. The Labute approximate surface area is 271 Å². The van der Waals surface area contributed by atoms with Crippen LogP contribution in [0.4, 0.5) is 0 Å². The van der Waals surface area contributed by atoms with Gasteiger partial charge in [-0.05, 0) is 47.5 Å². The van der Waals surface area contributed by atoms with Gasteiger partial charge in [-0.15, -0.1) is 0 Å². The van der Waals surface area contributed by atoms with Crippen LogP contribution >= 0.6 is 15.9 Å². The number of carboxylic acid groups (broad SMARTS) is 1. The molecule has 0 heterocycles. The van der Waals surface area contributed by atoms with Gasteiger partial charge in [-0.1, -0.05) is 76.6 Å². The summed E-state index contributed by atoms with van der Waals surface area (Å²) < 4.78 is 28.5. The van der Waals surface area contributed by atoms with Gasteiger partial charge in [0.25, 0.3) is 5.91 Å². The Morgan fingerprint density at radius 1 is 0.778 bits per heavy atom. The molecule has 0 spiro atoms. The van der Waals surface area contributed by atoms with Crippen molar-refractivity contribution in [2.24, 2.45) is 0 Å². The smallest absolute Gasteiger partial charge is 0.305 e. The van der Waals surface area contributed by atoms with E-state index in [1.165, 1.54) is 0 Å². The van der Waals surface area contributed by atoms with Crippen molar-refractivity contribution in [1.82, 2.24) is 5.32 Å². The second-order valence-electron chi connectivity index (χ2n) is 9.86. The monoisotopic (exact) mass is 677 g/mol. The highest BCUT2D eigenvalue weighted by Gasteiger charge is 2.22. The van der Waals surface area contributed by atoms with Crippen molar-refractivity contribution in [1.29, 1.82) is 0 Å². The Hall–Kier alpha value is -4.22. The van der Waals surface area contributed by atoms with E-state index in [1.807, 2.05) is 78.9 Å². The van der Waals surface area contributed by atoms with Crippen molar-refractivity contribution < 1.29 is 38.4 Å². The lowest BCUT2D eigenvalue weighted by atomic mass is 9.98. The van der Waals surface area contributed by atoms with Gasteiger partial charge in [0.1, 0.15) is 23.9 Å². The molecule has 0 aromatic heterocycles. The van der Waals surface area contributed by atoms with E-state index in [2.05, 4.69) is 21.2 Å². The number of carbonyl (C=O) groups is 2. The van der Waals surface area contributed by atoms with Crippen LogP contribution in [0.3, 0.4) is 0 Å². The Balaban J connectivity index is 1.43. The summed E-state index contributed by atoms with van der Waals surface area (Å²) in [7, 11) is 1.61. The van der Waals surface area contributed by atoms with E-state index < -0.39 is 17.9 Å². The molecular weight excluding hydrogens is 642 g/mol. The molecule has 0 fully saturated rings. The number of carbonyl (C=O) groups excluding carboxylic acids is 1. The number of para-hydroxylation sites is 2. The lowest BCUT2D eigenvalue weighted by Crippen LogP contribution is -2.30. The van der Waals surface area contributed by atoms with Crippen molar-refractivity contribution in [2.75, 3.05) is 46.8 Å². The molecule has 0 aliphatic carbocycles. The molecule has 236 valence electrons. The van der Waals surface area contributed by atoms with Gasteiger partial charge in [-0.3, -0.25) is 9.59 Å². The molecule has 2 N–H and O–H groups in total. The fraction of sp³-hybridized carbons (Fsp3) is 0.257. The number of ether oxygens (including phenoxy) is 5. The summed E-state index contributed by atoms with van der Waals surface area (Å²) in [5, 5.41) is 12.5. The van der Waals surface area contributed by atoms with E-state index in [0.717, 1.165) is 16.9 Å². The van der Waals surface area contributed by atoms with Gasteiger partial charge in [0.05, 0.1) is 51.1 Å². The second kappa shape index (κ2) is 17.9. The normalized spacial score (nSPS) is 11.5. The number of methoxy groups -OCH3 is 1. The van der Waals surface area contributed by atoms with Gasteiger partial charge in [0.15, 0.2) is 0 Å². The van der Waals surface area contributed by atoms with Crippen LogP contribution < -0.4 is 14.8 Å². The Kier molecular flexibility index (Phi) is 13.4. The lowest BCUT2D eigenvalue weighted by Gasteiger charge is -2.20. The van der Waals surface area contributed by atoms with Crippen LogP contribution in [0.5, 0.6) is 17.2 Å². The average molecular weight is 679 g/mol. The number of nitrogens with one attached hydrogen (secondary N) is 1. The highest BCUT2D eigenvalue weighted by atomic mass is 79.9. The van der Waals surface area contributed by atoms with Gasteiger partial charge in [-0.25, -0.2) is 0 Å². The van der Waals surface area contributed by atoms with E-state index in [9.17, 15) is 14.7 Å². The quantitative estimate of drug-likeness (QED) is 0.109. The van der Waals surface area contributed by atoms with E-state index in [0.29, 0.717) is 54.6 Å². The zero-order valence-electron chi connectivity index (χ0n) is 24.9. The highest BCUT2D eigenvalue weighted by Crippen LogP contribution is 2.34. The van der Waals surface area contributed by atoms with Crippen LogP contribution in [-0.2, 0) is 19.0 Å². The van der Waals surface area contributed by atoms with Crippen molar-refractivity contribution >= 4 is 27.8 Å². The molecule has 0 saturated heterocycles. The van der Waals surface area contributed by atoms with E-state index >= 15 is 0 Å². The van der Waals surface area contributed by atoms with Crippen LogP contribution in [0.2, 0.25) is 0 Å². The maximum Gasteiger partial charge on any atom is 0.305 e.